The number of nitrogens with one attached hydrogen (secondary N) is 1. The Kier molecular flexibility index (Phi) is 2.63. The molecule has 0 radical (unpaired) electrons. The first-order chi connectivity index (χ1) is 9.13. The average molecular weight is 252 g/mol. The van der Waals surface area contributed by atoms with Crippen LogP contribution in [0.3, 0.4) is 0 Å². The third kappa shape index (κ3) is 2.12. The molecular formula is C15H16N4. The number of rotatable bonds is 2. The van der Waals surface area contributed by atoms with Crippen molar-refractivity contribution in [1.29, 1.82) is 0 Å². The number of hydrogen-bond donors (Lipinski definition) is 3. The van der Waals surface area contributed by atoms with E-state index >= 15 is 0 Å². The highest BCUT2D eigenvalue weighted by Gasteiger charge is 2.08. The molecule has 4 heteroatoms. The molecule has 0 saturated heterocycles. The molecule has 0 unspecified atom stereocenters. The van der Waals surface area contributed by atoms with Crippen LogP contribution in [0.5, 0.6) is 0 Å². The molecule has 0 aliphatic carbocycles. The Balaban J connectivity index is 2.00. The summed E-state index contributed by atoms with van der Waals surface area (Å²) in [5, 5.41) is 1.20. The van der Waals surface area contributed by atoms with Gasteiger partial charge < -0.3 is 16.5 Å². The van der Waals surface area contributed by atoms with Crippen LogP contribution in [0.1, 0.15) is 16.8 Å². The highest BCUT2D eigenvalue weighted by atomic mass is 14.9. The van der Waals surface area contributed by atoms with Gasteiger partial charge in [0.2, 0.25) is 0 Å². The first kappa shape index (κ1) is 11.6. The Hall–Kier alpha value is -2.49. The third-order valence-corrected chi connectivity index (χ3v) is 3.32. The first-order valence-corrected chi connectivity index (χ1v) is 6.21. The maximum atomic E-state index is 6.03. The van der Waals surface area contributed by atoms with E-state index in [0.717, 1.165) is 16.8 Å². The van der Waals surface area contributed by atoms with E-state index in [1.54, 1.807) is 0 Å². The third-order valence-electron chi connectivity index (χ3n) is 3.32. The topological polar surface area (TPSA) is 80.7 Å². The molecule has 19 heavy (non-hydrogen) atoms. The van der Waals surface area contributed by atoms with Crippen molar-refractivity contribution in [2.45, 2.75) is 13.3 Å². The predicted molar refractivity (Wildman–Crippen MR) is 78.9 cm³/mol. The summed E-state index contributed by atoms with van der Waals surface area (Å²) in [5.74, 6) is 0.518. The number of nitrogens with zero attached hydrogens (tertiary/aromatic N) is 1. The highest BCUT2D eigenvalue weighted by Crippen LogP contribution is 2.24. The number of nitrogens with two attached hydrogens (primary N) is 2. The average Bonchev–Trinajstić information content (AvgIpc) is 2.81. The Morgan fingerprint density at radius 2 is 2.00 bits per heavy atom. The lowest BCUT2D eigenvalue weighted by Crippen LogP contribution is -2.05. The van der Waals surface area contributed by atoms with E-state index in [1.165, 1.54) is 10.9 Å². The van der Waals surface area contributed by atoms with Crippen LogP contribution in [-0.2, 0) is 6.42 Å². The van der Waals surface area contributed by atoms with Gasteiger partial charge in [-0.25, -0.2) is 4.98 Å². The molecule has 0 spiro atoms. The number of nitrogen functional groups attached to an aromatic ring is 2. The molecule has 0 saturated carbocycles. The number of hydrogen-bond acceptors (Lipinski definition) is 3. The monoisotopic (exact) mass is 252 g/mol. The number of benzene rings is 1. The van der Waals surface area contributed by atoms with Gasteiger partial charge in [-0.1, -0.05) is 12.1 Å². The van der Waals surface area contributed by atoms with Crippen molar-refractivity contribution in [2.75, 3.05) is 11.5 Å². The van der Waals surface area contributed by atoms with E-state index < -0.39 is 0 Å². The van der Waals surface area contributed by atoms with E-state index in [0.29, 0.717) is 17.9 Å². The standard InChI is InChI=1S/C15H16N4/c1-9-6-13(16)12(15(17)19-9)7-10-2-3-11-4-5-18-14(11)8-10/h2-6,8,18H,7H2,1H3,(H4,16,17,19). The van der Waals surface area contributed by atoms with Gasteiger partial charge in [0.15, 0.2) is 0 Å². The number of aromatic amines is 1. The fourth-order valence-corrected chi connectivity index (χ4v) is 2.35. The number of anilines is 2. The Labute approximate surface area is 111 Å². The number of pyridine rings is 1. The van der Waals surface area contributed by atoms with Crippen LogP contribution in [0, 0.1) is 6.92 Å². The second-order valence-corrected chi connectivity index (χ2v) is 4.79. The first-order valence-electron chi connectivity index (χ1n) is 6.21. The van der Waals surface area contributed by atoms with Crippen LogP contribution in [-0.4, -0.2) is 9.97 Å². The molecule has 0 fully saturated rings. The molecule has 2 aromatic heterocycles. The minimum Gasteiger partial charge on any atom is -0.398 e. The van der Waals surface area contributed by atoms with Gasteiger partial charge in [-0.2, -0.15) is 0 Å². The van der Waals surface area contributed by atoms with Gasteiger partial charge in [0.1, 0.15) is 5.82 Å². The maximum Gasteiger partial charge on any atom is 0.129 e. The van der Waals surface area contributed by atoms with E-state index in [-0.39, 0.29) is 0 Å². The van der Waals surface area contributed by atoms with Crippen molar-refractivity contribution in [2.24, 2.45) is 0 Å². The van der Waals surface area contributed by atoms with Crippen molar-refractivity contribution in [3.8, 4) is 0 Å². The summed E-state index contributed by atoms with van der Waals surface area (Å²) in [4.78, 5) is 7.48. The van der Waals surface area contributed by atoms with Gasteiger partial charge in [-0.3, -0.25) is 0 Å². The van der Waals surface area contributed by atoms with E-state index in [9.17, 15) is 0 Å². The number of aryl methyl sites for hydroxylation is 1. The van der Waals surface area contributed by atoms with Gasteiger partial charge in [0, 0.05) is 35.1 Å². The quantitative estimate of drug-likeness (QED) is 0.655. The zero-order valence-electron chi connectivity index (χ0n) is 10.8. The fraction of sp³-hybridized carbons (Fsp3) is 0.133. The maximum absolute atomic E-state index is 6.03. The minimum atomic E-state index is 0.518. The predicted octanol–water partition coefficient (Wildman–Crippen LogP) is 2.63. The summed E-state index contributed by atoms with van der Waals surface area (Å²) in [6.07, 6.45) is 2.63. The molecule has 1 aromatic carbocycles. The normalized spacial score (nSPS) is 11.0. The molecule has 2 heterocycles. The molecule has 0 aliphatic heterocycles. The van der Waals surface area contributed by atoms with Crippen molar-refractivity contribution < 1.29 is 0 Å². The van der Waals surface area contributed by atoms with Gasteiger partial charge in [-0.15, -0.1) is 0 Å². The lowest BCUT2D eigenvalue weighted by molar-refractivity contribution is 1.13. The molecule has 0 aliphatic rings. The largest absolute Gasteiger partial charge is 0.398 e. The SMILES string of the molecule is Cc1cc(N)c(Cc2ccc3cc[nH]c3c2)c(N)n1. The van der Waals surface area contributed by atoms with Crippen molar-refractivity contribution in [3.05, 3.63) is 53.3 Å². The Morgan fingerprint density at radius 1 is 1.16 bits per heavy atom. The smallest absolute Gasteiger partial charge is 0.129 e. The lowest BCUT2D eigenvalue weighted by Gasteiger charge is -2.10. The highest BCUT2D eigenvalue weighted by molar-refractivity contribution is 5.80. The lowest BCUT2D eigenvalue weighted by atomic mass is 10.0. The van der Waals surface area contributed by atoms with Crippen LogP contribution in [0.4, 0.5) is 11.5 Å². The summed E-state index contributed by atoms with van der Waals surface area (Å²) in [5.41, 5.74) is 16.7. The Bertz CT molecular complexity index is 720. The molecule has 3 aromatic rings. The second-order valence-electron chi connectivity index (χ2n) is 4.79. The number of aromatic nitrogens is 2. The molecule has 4 nitrogen and oxygen atoms in total. The van der Waals surface area contributed by atoms with E-state index in [1.807, 2.05) is 19.2 Å². The van der Waals surface area contributed by atoms with Gasteiger partial charge in [-0.05, 0) is 36.1 Å². The van der Waals surface area contributed by atoms with Gasteiger partial charge in [0.25, 0.3) is 0 Å². The fourth-order valence-electron chi connectivity index (χ4n) is 2.35. The zero-order valence-corrected chi connectivity index (χ0v) is 10.8. The zero-order chi connectivity index (χ0) is 13.4. The molecule has 96 valence electrons. The summed E-state index contributed by atoms with van der Waals surface area (Å²) in [6, 6.07) is 10.2. The molecule has 5 N–H and O–H groups in total. The number of H-pyrrole nitrogens is 1. The van der Waals surface area contributed by atoms with Crippen molar-refractivity contribution in [3.63, 3.8) is 0 Å². The van der Waals surface area contributed by atoms with Gasteiger partial charge >= 0.3 is 0 Å². The van der Waals surface area contributed by atoms with E-state index in [4.69, 9.17) is 11.5 Å². The van der Waals surface area contributed by atoms with Crippen LogP contribution in [0.25, 0.3) is 10.9 Å². The minimum absolute atomic E-state index is 0.518. The van der Waals surface area contributed by atoms with Crippen LogP contribution < -0.4 is 11.5 Å². The summed E-state index contributed by atoms with van der Waals surface area (Å²) in [7, 11) is 0. The summed E-state index contributed by atoms with van der Waals surface area (Å²) < 4.78 is 0. The molecule has 0 amide bonds. The van der Waals surface area contributed by atoms with Crippen molar-refractivity contribution in [1.82, 2.24) is 9.97 Å². The van der Waals surface area contributed by atoms with Crippen molar-refractivity contribution >= 4 is 22.4 Å². The number of fused-ring (bicyclic) bond motifs is 1. The van der Waals surface area contributed by atoms with E-state index in [2.05, 4.69) is 34.2 Å². The molecule has 0 bridgehead atoms. The molecule has 3 rings (SSSR count). The summed E-state index contributed by atoms with van der Waals surface area (Å²) in [6.45, 7) is 1.89. The Morgan fingerprint density at radius 3 is 2.79 bits per heavy atom. The van der Waals surface area contributed by atoms with Crippen LogP contribution >= 0.6 is 0 Å². The van der Waals surface area contributed by atoms with Crippen LogP contribution in [0.15, 0.2) is 36.5 Å². The second kappa shape index (κ2) is 4.31. The molecule has 0 atom stereocenters. The van der Waals surface area contributed by atoms with Gasteiger partial charge in [0.05, 0.1) is 0 Å². The summed E-state index contributed by atoms with van der Waals surface area (Å²) >= 11 is 0. The van der Waals surface area contributed by atoms with Crippen LogP contribution in [0.2, 0.25) is 0 Å². The molecular weight excluding hydrogens is 236 g/mol.